The summed E-state index contributed by atoms with van der Waals surface area (Å²) in [4.78, 5) is 0. The predicted molar refractivity (Wildman–Crippen MR) is 81.3 cm³/mol. The van der Waals surface area contributed by atoms with E-state index in [1.807, 2.05) is 30.3 Å². The maximum Gasteiger partial charge on any atom is 0.122 e. The summed E-state index contributed by atoms with van der Waals surface area (Å²) in [6.07, 6.45) is 0.918. The Labute approximate surface area is 114 Å². The highest BCUT2D eigenvalue weighted by molar-refractivity contribution is 5.99. The van der Waals surface area contributed by atoms with Gasteiger partial charge in [0.25, 0.3) is 0 Å². The molecular weight excluding hydrogens is 232 g/mol. The summed E-state index contributed by atoms with van der Waals surface area (Å²) in [7, 11) is 0. The van der Waals surface area contributed by atoms with Gasteiger partial charge < -0.3 is 5.73 Å². The van der Waals surface area contributed by atoms with Gasteiger partial charge in [-0.2, -0.15) is 0 Å². The number of fused-ring (bicyclic) bond motifs is 1. The van der Waals surface area contributed by atoms with Crippen molar-refractivity contribution >= 4 is 16.6 Å². The van der Waals surface area contributed by atoms with E-state index in [2.05, 4.69) is 31.8 Å². The van der Waals surface area contributed by atoms with Crippen LogP contribution in [0.4, 0.5) is 0 Å². The van der Waals surface area contributed by atoms with Gasteiger partial charge >= 0.3 is 0 Å². The molecule has 0 radical (unpaired) electrons. The maximum atomic E-state index is 7.44. The number of hydrogen-bond acceptors (Lipinski definition) is 1. The average Bonchev–Trinajstić information content (AvgIpc) is 2.37. The van der Waals surface area contributed by atoms with Gasteiger partial charge in [-0.1, -0.05) is 43.9 Å². The SMILES string of the molecule is CC(C)CC#Cc1ccc2cc(C(=N)N)ccc2c1. The van der Waals surface area contributed by atoms with Crippen LogP contribution in [0.2, 0.25) is 0 Å². The van der Waals surface area contributed by atoms with Gasteiger partial charge in [0.05, 0.1) is 0 Å². The molecule has 0 saturated heterocycles. The molecule has 0 atom stereocenters. The number of rotatable bonds is 2. The van der Waals surface area contributed by atoms with Crippen molar-refractivity contribution in [3.05, 3.63) is 47.5 Å². The molecule has 0 bridgehead atoms. The van der Waals surface area contributed by atoms with Crippen molar-refractivity contribution < 1.29 is 0 Å². The van der Waals surface area contributed by atoms with Crippen molar-refractivity contribution in [2.75, 3.05) is 0 Å². The molecule has 0 fully saturated rings. The third-order valence-electron chi connectivity index (χ3n) is 2.89. The van der Waals surface area contributed by atoms with E-state index >= 15 is 0 Å². The average molecular weight is 250 g/mol. The Morgan fingerprint density at radius 2 is 1.84 bits per heavy atom. The van der Waals surface area contributed by atoms with Crippen molar-refractivity contribution in [1.82, 2.24) is 0 Å². The molecule has 2 aromatic rings. The van der Waals surface area contributed by atoms with Crippen LogP contribution in [0.3, 0.4) is 0 Å². The first-order valence-corrected chi connectivity index (χ1v) is 6.43. The third kappa shape index (κ3) is 3.35. The molecule has 0 aliphatic heterocycles. The summed E-state index contributed by atoms with van der Waals surface area (Å²) in [6.45, 7) is 4.33. The fraction of sp³-hybridized carbons (Fsp3) is 0.235. The van der Waals surface area contributed by atoms with Crippen LogP contribution in [0.15, 0.2) is 36.4 Å². The van der Waals surface area contributed by atoms with E-state index in [0.29, 0.717) is 5.92 Å². The molecule has 0 heterocycles. The number of hydrogen-bond donors (Lipinski definition) is 2. The van der Waals surface area contributed by atoms with Crippen LogP contribution in [-0.4, -0.2) is 5.84 Å². The molecule has 0 aliphatic carbocycles. The summed E-state index contributed by atoms with van der Waals surface area (Å²) in [5, 5.41) is 9.65. The topological polar surface area (TPSA) is 49.9 Å². The summed E-state index contributed by atoms with van der Waals surface area (Å²) >= 11 is 0. The lowest BCUT2D eigenvalue weighted by atomic mass is 10.0. The van der Waals surface area contributed by atoms with Crippen LogP contribution in [0.1, 0.15) is 31.4 Å². The Hall–Kier alpha value is -2.27. The zero-order valence-electron chi connectivity index (χ0n) is 11.3. The van der Waals surface area contributed by atoms with Gasteiger partial charge in [0.2, 0.25) is 0 Å². The fourth-order valence-corrected chi connectivity index (χ4v) is 1.85. The first-order valence-electron chi connectivity index (χ1n) is 6.43. The van der Waals surface area contributed by atoms with Gasteiger partial charge in [-0.25, -0.2) is 0 Å². The van der Waals surface area contributed by atoms with Crippen molar-refractivity contribution in [1.29, 1.82) is 5.41 Å². The van der Waals surface area contributed by atoms with E-state index in [4.69, 9.17) is 11.1 Å². The number of nitrogens with two attached hydrogens (primary N) is 1. The van der Waals surface area contributed by atoms with E-state index in [9.17, 15) is 0 Å². The smallest absolute Gasteiger partial charge is 0.122 e. The summed E-state index contributed by atoms with van der Waals surface area (Å²) in [5.41, 5.74) is 7.28. The fourth-order valence-electron chi connectivity index (χ4n) is 1.85. The Morgan fingerprint density at radius 1 is 1.16 bits per heavy atom. The van der Waals surface area contributed by atoms with Crippen molar-refractivity contribution in [2.45, 2.75) is 20.3 Å². The molecule has 2 aromatic carbocycles. The van der Waals surface area contributed by atoms with Crippen LogP contribution in [0.25, 0.3) is 10.8 Å². The lowest BCUT2D eigenvalue weighted by Gasteiger charge is -2.02. The van der Waals surface area contributed by atoms with E-state index < -0.39 is 0 Å². The number of nitrogen functional groups attached to an aromatic ring is 1. The lowest BCUT2D eigenvalue weighted by molar-refractivity contribution is 0.676. The monoisotopic (exact) mass is 250 g/mol. The first-order chi connectivity index (χ1) is 9.06. The highest BCUT2D eigenvalue weighted by Gasteiger charge is 1.99. The third-order valence-corrected chi connectivity index (χ3v) is 2.89. The van der Waals surface area contributed by atoms with Gasteiger partial charge in [0, 0.05) is 17.5 Å². The molecule has 96 valence electrons. The number of benzene rings is 2. The van der Waals surface area contributed by atoms with Crippen LogP contribution < -0.4 is 5.73 Å². The molecule has 19 heavy (non-hydrogen) atoms. The molecule has 3 N–H and O–H groups in total. The van der Waals surface area contributed by atoms with Crippen LogP contribution >= 0.6 is 0 Å². The molecular formula is C17H18N2. The van der Waals surface area contributed by atoms with Gasteiger partial charge in [0.15, 0.2) is 0 Å². The maximum absolute atomic E-state index is 7.44. The summed E-state index contributed by atoms with van der Waals surface area (Å²) in [6, 6.07) is 11.9. The standard InChI is InChI=1S/C17H18N2/c1-12(2)4-3-5-13-6-7-15-11-16(17(18)19)9-8-14(15)10-13/h6-12H,4H2,1-2H3,(H3,18,19). The van der Waals surface area contributed by atoms with E-state index in [1.165, 1.54) is 0 Å². The summed E-state index contributed by atoms with van der Waals surface area (Å²) < 4.78 is 0. The Morgan fingerprint density at radius 3 is 2.53 bits per heavy atom. The van der Waals surface area contributed by atoms with Gasteiger partial charge in [-0.15, -0.1) is 0 Å². The molecule has 0 aliphatic rings. The Balaban J connectivity index is 2.33. The molecule has 2 rings (SSSR count). The summed E-state index contributed by atoms with van der Waals surface area (Å²) in [5.74, 6) is 7.08. The number of amidine groups is 1. The zero-order valence-corrected chi connectivity index (χ0v) is 11.3. The zero-order chi connectivity index (χ0) is 13.8. The Kier molecular flexibility index (Phi) is 3.87. The van der Waals surface area contributed by atoms with Gasteiger partial charge in [-0.3, -0.25) is 5.41 Å². The molecule has 2 nitrogen and oxygen atoms in total. The van der Waals surface area contributed by atoms with Gasteiger partial charge in [0.1, 0.15) is 5.84 Å². The molecule has 0 unspecified atom stereocenters. The minimum Gasteiger partial charge on any atom is -0.384 e. The number of nitrogens with one attached hydrogen (secondary N) is 1. The highest BCUT2D eigenvalue weighted by atomic mass is 14.7. The quantitative estimate of drug-likeness (QED) is 0.478. The Bertz CT molecular complexity index is 672. The molecule has 0 amide bonds. The second kappa shape index (κ2) is 5.58. The van der Waals surface area contributed by atoms with Crippen LogP contribution in [-0.2, 0) is 0 Å². The molecule has 2 heteroatoms. The second-order valence-corrected chi connectivity index (χ2v) is 5.09. The van der Waals surface area contributed by atoms with E-state index in [1.54, 1.807) is 0 Å². The second-order valence-electron chi connectivity index (χ2n) is 5.09. The molecule has 0 saturated carbocycles. The minimum atomic E-state index is 0.0997. The van der Waals surface area contributed by atoms with Crippen molar-refractivity contribution in [2.24, 2.45) is 11.7 Å². The van der Waals surface area contributed by atoms with Crippen molar-refractivity contribution in [3.63, 3.8) is 0 Å². The van der Waals surface area contributed by atoms with Crippen LogP contribution in [0.5, 0.6) is 0 Å². The normalized spacial score (nSPS) is 10.3. The van der Waals surface area contributed by atoms with Crippen LogP contribution in [0, 0.1) is 23.2 Å². The van der Waals surface area contributed by atoms with E-state index in [0.717, 1.165) is 28.3 Å². The molecule has 0 aromatic heterocycles. The van der Waals surface area contributed by atoms with Gasteiger partial charge in [-0.05, 0) is 34.9 Å². The van der Waals surface area contributed by atoms with Crippen molar-refractivity contribution in [3.8, 4) is 11.8 Å². The highest BCUT2D eigenvalue weighted by Crippen LogP contribution is 2.17. The minimum absolute atomic E-state index is 0.0997. The largest absolute Gasteiger partial charge is 0.384 e. The lowest BCUT2D eigenvalue weighted by Crippen LogP contribution is -2.10. The first kappa shape index (κ1) is 13.2. The van der Waals surface area contributed by atoms with E-state index in [-0.39, 0.29) is 5.84 Å². The predicted octanol–water partition coefficient (Wildman–Crippen LogP) is 3.52. The molecule has 0 spiro atoms.